The molecule has 23 heavy (non-hydrogen) atoms. The van der Waals surface area contributed by atoms with Crippen LogP contribution in [0.5, 0.6) is 0 Å². The van der Waals surface area contributed by atoms with E-state index in [-0.39, 0.29) is 11.9 Å². The predicted octanol–water partition coefficient (Wildman–Crippen LogP) is 3.91. The fourth-order valence-electron chi connectivity index (χ4n) is 3.11. The van der Waals surface area contributed by atoms with Crippen molar-refractivity contribution in [1.29, 1.82) is 0 Å². The zero-order valence-corrected chi connectivity index (χ0v) is 13.8. The van der Waals surface area contributed by atoms with E-state index >= 15 is 0 Å². The van der Waals surface area contributed by atoms with Crippen LogP contribution in [0.1, 0.15) is 34.8 Å². The molecule has 0 aromatic heterocycles. The van der Waals surface area contributed by atoms with E-state index < -0.39 is 0 Å². The Hall–Kier alpha value is -1.84. The molecule has 1 aliphatic heterocycles. The Morgan fingerprint density at radius 2 is 1.83 bits per heavy atom. The first kappa shape index (κ1) is 16.0. The molecule has 0 spiro atoms. The molecule has 1 heterocycles. The molecule has 3 nitrogen and oxygen atoms in total. The first-order valence-electron chi connectivity index (χ1n) is 8.07. The maximum absolute atomic E-state index is 12.4. The highest BCUT2D eigenvalue weighted by Gasteiger charge is 2.23. The number of carbonyl (C=O) groups is 1. The summed E-state index contributed by atoms with van der Waals surface area (Å²) in [5, 5.41) is 3.64. The highest BCUT2D eigenvalue weighted by Crippen LogP contribution is 2.24. The zero-order chi connectivity index (χ0) is 16.1. The molecule has 1 amide bonds. The van der Waals surface area contributed by atoms with E-state index in [4.69, 9.17) is 11.6 Å². The van der Waals surface area contributed by atoms with Crippen LogP contribution < -0.4 is 5.32 Å². The average Bonchev–Trinajstić information content (AvgIpc) is 3.10. The Balaban J connectivity index is 1.70. The van der Waals surface area contributed by atoms with Crippen molar-refractivity contribution in [3.8, 4) is 0 Å². The van der Waals surface area contributed by atoms with E-state index in [1.54, 1.807) is 24.3 Å². The number of hydrogen-bond donors (Lipinski definition) is 1. The standard InChI is InChI=1S/C19H21ClN2O/c20-17-10-6-9-16(13-17)19(23)21-14-18(22-11-4-5-12-22)15-7-2-1-3-8-15/h1-3,6-10,13,18H,4-5,11-12,14H2,(H,21,23). The summed E-state index contributed by atoms with van der Waals surface area (Å²) in [6, 6.07) is 17.7. The number of carbonyl (C=O) groups excluding carboxylic acids is 1. The molecule has 3 rings (SSSR count). The van der Waals surface area contributed by atoms with Crippen molar-refractivity contribution in [2.45, 2.75) is 18.9 Å². The number of hydrogen-bond acceptors (Lipinski definition) is 2. The number of nitrogens with zero attached hydrogens (tertiary/aromatic N) is 1. The molecule has 1 N–H and O–H groups in total. The summed E-state index contributed by atoms with van der Waals surface area (Å²) in [5.41, 5.74) is 1.85. The molecule has 0 radical (unpaired) electrons. The Morgan fingerprint density at radius 3 is 2.52 bits per heavy atom. The summed E-state index contributed by atoms with van der Waals surface area (Å²) < 4.78 is 0. The maximum Gasteiger partial charge on any atom is 0.251 e. The van der Waals surface area contributed by atoms with Gasteiger partial charge in [0.25, 0.3) is 5.91 Å². The van der Waals surface area contributed by atoms with Gasteiger partial charge in [-0.3, -0.25) is 9.69 Å². The fraction of sp³-hybridized carbons (Fsp3) is 0.316. The van der Waals surface area contributed by atoms with Crippen LogP contribution in [0.25, 0.3) is 0 Å². The van der Waals surface area contributed by atoms with E-state index in [0.717, 1.165) is 13.1 Å². The third-order valence-electron chi connectivity index (χ3n) is 4.31. The Labute approximate surface area is 142 Å². The quantitative estimate of drug-likeness (QED) is 0.902. The van der Waals surface area contributed by atoms with Crippen LogP contribution in [0.2, 0.25) is 5.02 Å². The average molecular weight is 329 g/mol. The van der Waals surface area contributed by atoms with Gasteiger partial charge in [0.15, 0.2) is 0 Å². The topological polar surface area (TPSA) is 32.3 Å². The number of amides is 1. The summed E-state index contributed by atoms with van der Waals surface area (Å²) in [6.07, 6.45) is 2.46. The molecule has 1 unspecified atom stereocenters. The monoisotopic (exact) mass is 328 g/mol. The molecule has 0 saturated carbocycles. The minimum absolute atomic E-state index is 0.0763. The lowest BCUT2D eigenvalue weighted by atomic mass is 10.1. The Kier molecular flexibility index (Phi) is 5.31. The van der Waals surface area contributed by atoms with Gasteiger partial charge in [0, 0.05) is 17.1 Å². The van der Waals surface area contributed by atoms with Crippen LogP contribution in [0, 0.1) is 0 Å². The third-order valence-corrected chi connectivity index (χ3v) is 4.54. The lowest BCUT2D eigenvalue weighted by Crippen LogP contribution is -2.36. The Bertz CT molecular complexity index is 653. The maximum atomic E-state index is 12.4. The van der Waals surface area contributed by atoms with Crippen molar-refractivity contribution >= 4 is 17.5 Å². The molecule has 0 aliphatic carbocycles. The first-order valence-corrected chi connectivity index (χ1v) is 8.44. The van der Waals surface area contributed by atoms with Gasteiger partial charge >= 0.3 is 0 Å². The van der Waals surface area contributed by atoms with Gasteiger partial charge in [0.1, 0.15) is 0 Å². The third kappa shape index (κ3) is 4.12. The molecule has 1 fully saturated rings. The van der Waals surface area contributed by atoms with Crippen LogP contribution in [-0.2, 0) is 0 Å². The Morgan fingerprint density at radius 1 is 1.09 bits per heavy atom. The minimum atomic E-state index is -0.0763. The van der Waals surface area contributed by atoms with Crippen LogP contribution >= 0.6 is 11.6 Å². The molecule has 1 atom stereocenters. The predicted molar refractivity (Wildman–Crippen MR) is 93.8 cm³/mol. The second-order valence-corrected chi connectivity index (χ2v) is 6.33. The molecule has 1 aliphatic rings. The SMILES string of the molecule is O=C(NCC(c1ccccc1)N1CCCC1)c1cccc(Cl)c1. The first-order chi connectivity index (χ1) is 11.2. The van der Waals surface area contributed by atoms with E-state index in [2.05, 4.69) is 34.5 Å². The lowest BCUT2D eigenvalue weighted by molar-refractivity contribution is 0.0938. The van der Waals surface area contributed by atoms with E-state index in [0.29, 0.717) is 17.1 Å². The molecule has 120 valence electrons. The van der Waals surface area contributed by atoms with Gasteiger partial charge in [-0.25, -0.2) is 0 Å². The van der Waals surface area contributed by atoms with Crippen LogP contribution in [0.4, 0.5) is 0 Å². The number of rotatable bonds is 5. The summed E-state index contributed by atoms with van der Waals surface area (Å²) in [4.78, 5) is 14.8. The van der Waals surface area contributed by atoms with Gasteiger partial charge in [-0.15, -0.1) is 0 Å². The summed E-state index contributed by atoms with van der Waals surface area (Å²) in [7, 11) is 0. The largest absolute Gasteiger partial charge is 0.350 e. The van der Waals surface area contributed by atoms with Crippen molar-refractivity contribution in [3.63, 3.8) is 0 Å². The van der Waals surface area contributed by atoms with Gasteiger partial charge in [-0.1, -0.05) is 48.0 Å². The normalized spacial score (nSPS) is 16.2. The fourth-order valence-corrected chi connectivity index (χ4v) is 3.30. The molecular formula is C19H21ClN2O. The van der Waals surface area contributed by atoms with Crippen LogP contribution in [0.15, 0.2) is 54.6 Å². The lowest BCUT2D eigenvalue weighted by Gasteiger charge is -2.28. The van der Waals surface area contributed by atoms with Crippen molar-refractivity contribution in [1.82, 2.24) is 10.2 Å². The van der Waals surface area contributed by atoms with E-state index in [9.17, 15) is 4.79 Å². The van der Waals surface area contributed by atoms with Crippen LogP contribution in [0.3, 0.4) is 0 Å². The van der Waals surface area contributed by atoms with Gasteiger partial charge in [0.05, 0.1) is 6.04 Å². The number of nitrogens with one attached hydrogen (secondary N) is 1. The van der Waals surface area contributed by atoms with Crippen LogP contribution in [-0.4, -0.2) is 30.4 Å². The molecule has 0 bridgehead atoms. The number of benzene rings is 2. The summed E-state index contributed by atoms with van der Waals surface area (Å²) in [5.74, 6) is -0.0763. The molecular weight excluding hydrogens is 308 g/mol. The molecule has 2 aromatic rings. The smallest absolute Gasteiger partial charge is 0.251 e. The number of halogens is 1. The van der Waals surface area contributed by atoms with E-state index in [1.807, 2.05) is 6.07 Å². The minimum Gasteiger partial charge on any atom is -0.350 e. The second kappa shape index (κ2) is 7.62. The second-order valence-electron chi connectivity index (χ2n) is 5.89. The van der Waals surface area contributed by atoms with Crippen molar-refractivity contribution in [3.05, 3.63) is 70.7 Å². The molecule has 4 heteroatoms. The molecule has 2 aromatic carbocycles. The van der Waals surface area contributed by atoms with E-state index in [1.165, 1.54) is 18.4 Å². The molecule has 1 saturated heterocycles. The van der Waals surface area contributed by atoms with Crippen molar-refractivity contribution < 1.29 is 4.79 Å². The zero-order valence-electron chi connectivity index (χ0n) is 13.0. The van der Waals surface area contributed by atoms with Gasteiger partial charge in [-0.2, -0.15) is 0 Å². The van der Waals surface area contributed by atoms with Crippen molar-refractivity contribution in [2.75, 3.05) is 19.6 Å². The highest BCUT2D eigenvalue weighted by molar-refractivity contribution is 6.30. The summed E-state index contributed by atoms with van der Waals surface area (Å²) >= 11 is 5.96. The van der Waals surface area contributed by atoms with Crippen molar-refractivity contribution in [2.24, 2.45) is 0 Å². The van der Waals surface area contributed by atoms with Gasteiger partial charge < -0.3 is 5.32 Å². The van der Waals surface area contributed by atoms with Gasteiger partial charge in [0.2, 0.25) is 0 Å². The number of likely N-dealkylation sites (tertiary alicyclic amines) is 1. The highest BCUT2D eigenvalue weighted by atomic mass is 35.5. The van der Waals surface area contributed by atoms with Gasteiger partial charge in [-0.05, 0) is 49.7 Å². The summed E-state index contributed by atoms with van der Waals surface area (Å²) in [6.45, 7) is 2.79.